The monoisotopic (exact) mass is 513 g/mol. The van der Waals surface area contributed by atoms with E-state index in [1.807, 2.05) is 30.3 Å². The Morgan fingerprint density at radius 3 is 1.60 bits per heavy atom. The molecule has 5 nitrogen and oxygen atoms in total. The summed E-state index contributed by atoms with van der Waals surface area (Å²) in [6, 6.07) is 39.6. The van der Waals surface area contributed by atoms with E-state index in [2.05, 4.69) is 94.9 Å². The van der Waals surface area contributed by atoms with Crippen LogP contribution in [0.1, 0.15) is 0 Å². The zero-order valence-electron chi connectivity index (χ0n) is 21.5. The third-order valence-corrected chi connectivity index (χ3v) is 6.95. The third kappa shape index (κ3) is 4.50. The van der Waals surface area contributed by atoms with Gasteiger partial charge in [0.25, 0.3) is 0 Å². The van der Waals surface area contributed by atoms with E-state index in [1.54, 1.807) is 24.8 Å². The molecule has 0 saturated carbocycles. The summed E-state index contributed by atoms with van der Waals surface area (Å²) in [6.07, 6.45) is 6.99. The highest BCUT2D eigenvalue weighted by atomic mass is 15.0. The van der Waals surface area contributed by atoms with E-state index >= 15 is 0 Å². The first-order valence-corrected chi connectivity index (χ1v) is 13.1. The van der Waals surface area contributed by atoms with E-state index < -0.39 is 0 Å². The second kappa shape index (κ2) is 10.3. The average molecular weight is 514 g/mol. The Kier molecular flexibility index (Phi) is 6.07. The molecular weight excluding hydrogens is 490 g/mol. The van der Waals surface area contributed by atoms with Crippen LogP contribution in [0.4, 0.5) is 0 Å². The third-order valence-electron chi connectivity index (χ3n) is 6.95. The Morgan fingerprint density at radius 1 is 0.350 bits per heavy atom. The molecule has 0 radical (unpaired) electrons. The zero-order valence-corrected chi connectivity index (χ0v) is 21.5. The fourth-order valence-electron chi connectivity index (χ4n) is 5.00. The van der Waals surface area contributed by atoms with Crippen LogP contribution in [-0.4, -0.2) is 24.9 Å². The smallest absolute Gasteiger partial charge is 0.164 e. The van der Waals surface area contributed by atoms with E-state index in [-0.39, 0.29) is 0 Å². The first-order chi connectivity index (χ1) is 19.8. The van der Waals surface area contributed by atoms with Gasteiger partial charge in [0.2, 0.25) is 0 Å². The summed E-state index contributed by atoms with van der Waals surface area (Å²) in [5.41, 5.74) is 7.26. The van der Waals surface area contributed by atoms with Crippen LogP contribution in [0.2, 0.25) is 0 Å². The highest BCUT2D eigenvalue weighted by Crippen LogP contribution is 2.38. The van der Waals surface area contributed by atoms with Crippen LogP contribution >= 0.6 is 0 Å². The Balaban J connectivity index is 1.47. The van der Waals surface area contributed by atoms with Gasteiger partial charge in [-0.05, 0) is 63.4 Å². The lowest BCUT2D eigenvalue weighted by atomic mass is 9.90. The zero-order chi connectivity index (χ0) is 26.7. The predicted molar refractivity (Wildman–Crippen MR) is 160 cm³/mol. The molecule has 0 aliphatic carbocycles. The van der Waals surface area contributed by atoms with Crippen molar-refractivity contribution in [2.75, 3.05) is 0 Å². The molecule has 0 saturated heterocycles. The summed E-state index contributed by atoms with van der Waals surface area (Å²) >= 11 is 0. The molecule has 188 valence electrons. The average Bonchev–Trinajstić information content (AvgIpc) is 3.05. The fourth-order valence-corrected chi connectivity index (χ4v) is 5.00. The molecule has 4 aromatic carbocycles. The van der Waals surface area contributed by atoms with Gasteiger partial charge in [-0.15, -0.1) is 0 Å². The van der Waals surface area contributed by atoms with E-state index in [4.69, 9.17) is 15.0 Å². The molecule has 0 spiro atoms. The predicted octanol–water partition coefficient (Wildman–Crippen LogP) is 8.15. The van der Waals surface area contributed by atoms with Gasteiger partial charge in [-0.3, -0.25) is 9.97 Å². The molecule has 0 fully saturated rings. The summed E-state index contributed by atoms with van der Waals surface area (Å²) in [6.45, 7) is 0. The molecule has 7 rings (SSSR count). The Bertz CT molecular complexity index is 1880. The van der Waals surface area contributed by atoms with Gasteiger partial charge in [0, 0.05) is 41.5 Å². The van der Waals surface area contributed by atoms with Crippen LogP contribution in [0.3, 0.4) is 0 Å². The Morgan fingerprint density at radius 2 is 0.925 bits per heavy atom. The number of hydrogen-bond donors (Lipinski definition) is 0. The number of nitrogens with zero attached hydrogens (tertiary/aromatic N) is 5. The minimum absolute atomic E-state index is 0.595. The number of fused-ring (bicyclic) bond motifs is 1. The molecule has 0 aliphatic heterocycles. The molecule has 0 bridgehead atoms. The van der Waals surface area contributed by atoms with Gasteiger partial charge in [0.1, 0.15) is 0 Å². The highest BCUT2D eigenvalue weighted by Gasteiger charge is 2.16. The van der Waals surface area contributed by atoms with Gasteiger partial charge in [-0.1, -0.05) is 84.9 Å². The first kappa shape index (κ1) is 23.6. The summed E-state index contributed by atoms with van der Waals surface area (Å²) in [5.74, 6) is 1.80. The standard InChI is InChI=1S/C35H23N5/c1-2-7-24(8-3-1)30-14-13-28(23-32(30)31-12-6-10-25-9-4-5-11-29(25)31)35-39-33(26-15-19-36-20-16-26)38-34(40-35)27-17-21-37-22-18-27/h1-23H. The van der Waals surface area contributed by atoms with Gasteiger partial charge in [0.05, 0.1) is 0 Å². The number of aromatic nitrogens is 5. The molecule has 0 unspecified atom stereocenters. The molecule has 5 heteroatoms. The van der Waals surface area contributed by atoms with Gasteiger partial charge >= 0.3 is 0 Å². The lowest BCUT2D eigenvalue weighted by Crippen LogP contribution is -2.00. The van der Waals surface area contributed by atoms with Crippen molar-refractivity contribution in [3.63, 3.8) is 0 Å². The molecule has 40 heavy (non-hydrogen) atoms. The van der Waals surface area contributed by atoms with Crippen molar-refractivity contribution < 1.29 is 0 Å². The topological polar surface area (TPSA) is 64.5 Å². The Labute approximate surface area is 231 Å². The highest BCUT2D eigenvalue weighted by molar-refractivity contribution is 6.01. The van der Waals surface area contributed by atoms with Crippen LogP contribution in [0.15, 0.2) is 140 Å². The summed E-state index contributed by atoms with van der Waals surface area (Å²) in [5, 5.41) is 2.40. The minimum atomic E-state index is 0.595. The molecule has 7 aromatic rings. The first-order valence-electron chi connectivity index (χ1n) is 13.1. The van der Waals surface area contributed by atoms with Crippen molar-refractivity contribution in [3.8, 4) is 56.4 Å². The minimum Gasteiger partial charge on any atom is -0.265 e. The second-order valence-electron chi connectivity index (χ2n) is 9.43. The largest absolute Gasteiger partial charge is 0.265 e. The van der Waals surface area contributed by atoms with Crippen LogP contribution in [0, 0.1) is 0 Å². The maximum atomic E-state index is 4.93. The van der Waals surface area contributed by atoms with Gasteiger partial charge < -0.3 is 0 Å². The van der Waals surface area contributed by atoms with Crippen molar-refractivity contribution in [3.05, 3.63) is 140 Å². The van der Waals surface area contributed by atoms with E-state index in [9.17, 15) is 0 Å². The maximum absolute atomic E-state index is 4.93. The number of rotatable bonds is 5. The van der Waals surface area contributed by atoms with Crippen molar-refractivity contribution >= 4 is 10.8 Å². The normalized spacial score (nSPS) is 11.0. The van der Waals surface area contributed by atoms with Gasteiger partial charge in [-0.2, -0.15) is 0 Å². The van der Waals surface area contributed by atoms with E-state index in [1.165, 1.54) is 10.8 Å². The van der Waals surface area contributed by atoms with Crippen LogP contribution in [-0.2, 0) is 0 Å². The van der Waals surface area contributed by atoms with Crippen molar-refractivity contribution in [2.45, 2.75) is 0 Å². The number of hydrogen-bond acceptors (Lipinski definition) is 5. The summed E-state index contributed by atoms with van der Waals surface area (Å²) in [4.78, 5) is 23.0. The second-order valence-corrected chi connectivity index (χ2v) is 9.43. The summed E-state index contributed by atoms with van der Waals surface area (Å²) in [7, 11) is 0. The quantitative estimate of drug-likeness (QED) is 0.232. The lowest BCUT2D eigenvalue weighted by molar-refractivity contribution is 1.07. The molecular formula is C35H23N5. The SMILES string of the molecule is c1ccc(-c2ccc(-c3nc(-c4ccncc4)nc(-c4ccncc4)n3)cc2-c2cccc3ccccc23)cc1. The van der Waals surface area contributed by atoms with Gasteiger partial charge in [0.15, 0.2) is 17.5 Å². The number of pyridine rings is 2. The molecule has 3 heterocycles. The van der Waals surface area contributed by atoms with E-state index in [0.717, 1.165) is 38.9 Å². The molecule has 0 aliphatic rings. The molecule has 0 amide bonds. The number of benzene rings is 4. The van der Waals surface area contributed by atoms with E-state index in [0.29, 0.717) is 17.5 Å². The van der Waals surface area contributed by atoms with Crippen molar-refractivity contribution in [2.24, 2.45) is 0 Å². The van der Waals surface area contributed by atoms with Crippen molar-refractivity contribution in [1.82, 2.24) is 24.9 Å². The molecule has 3 aromatic heterocycles. The van der Waals surface area contributed by atoms with Crippen LogP contribution < -0.4 is 0 Å². The fraction of sp³-hybridized carbons (Fsp3) is 0. The van der Waals surface area contributed by atoms with Gasteiger partial charge in [-0.25, -0.2) is 15.0 Å². The molecule has 0 atom stereocenters. The molecule has 0 N–H and O–H groups in total. The van der Waals surface area contributed by atoms with Crippen LogP contribution in [0.5, 0.6) is 0 Å². The van der Waals surface area contributed by atoms with Crippen molar-refractivity contribution in [1.29, 1.82) is 0 Å². The Hall–Kier alpha value is -5.55. The maximum Gasteiger partial charge on any atom is 0.164 e. The lowest BCUT2D eigenvalue weighted by Gasteiger charge is -2.15. The van der Waals surface area contributed by atoms with Crippen LogP contribution in [0.25, 0.3) is 67.2 Å². The summed E-state index contributed by atoms with van der Waals surface area (Å²) < 4.78 is 0.